The van der Waals surface area contributed by atoms with Crippen molar-refractivity contribution in [3.8, 4) is 0 Å². The smallest absolute Gasteiger partial charge is 0.0162 e. The zero-order chi connectivity index (χ0) is 13.6. The first-order valence-electron chi connectivity index (χ1n) is 8.65. The largest absolute Gasteiger partial charge is 0.0851 e. The van der Waals surface area contributed by atoms with Crippen molar-refractivity contribution in [2.24, 2.45) is 11.8 Å². The molecule has 108 valence electrons. The first kappa shape index (κ1) is 13.9. The van der Waals surface area contributed by atoms with Gasteiger partial charge in [-0.15, -0.1) is 0 Å². The Hall–Kier alpha value is -1.04. The molecule has 0 aromatic heterocycles. The molecule has 1 aromatic rings. The third-order valence-electron chi connectivity index (χ3n) is 5.35. The average molecular weight is 268 g/mol. The van der Waals surface area contributed by atoms with E-state index >= 15 is 0 Å². The second-order valence-electron chi connectivity index (χ2n) is 6.81. The van der Waals surface area contributed by atoms with E-state index in [1.807, 2.05) is 0 Å². The monoisotopic (exact) mass is 268 g/mol. The van der Waals surface area contributed by atoms with Crippen LogP contribution >= 0.6 is 0 Å². The molecule has 0 unspecified atom stereocenters. The zero-order valence-corrected chi connectivity index (χ0v) is 12.6. The molecule has 0 amide bonds. The van der Waals surface area contributed by atoms with Crippen molar-refractivity contribution < 1.29 is 0 Å². The lowest BCUT2D eigenvalue weighted by Gasteiger charge is -2.27. The van der Waals surface area contributed by atoms with Crippen LogP contribution in [0.1, 0.15) is 69.3 Å². The summed E-state index contributed by atoms with van der Waals surface area (Å²) in [4.78, 5) is 0. The highest BCUT2D eigenvalue weighted by Crippen LogP contribution is 2.36. The van der Waals surface area contributed by atoms with E-state index in [-0.39, 0.29) is 0 Å². The highest BCUT2D eigenvalue weighted by molar-refractivity contribution is 5.20. The van der Waals surface area contributed by atoms with Crippen LogP contribution in [0.2, 0.25) is 0 Å². The van der Waals surface area contributed by atoms with E-state index in [1.165, 1.54) is 57.8 Å². The van der Waals surface area contributed by atoms with Crippen LogP contribution in [-0.4, -0.2) is 0 Å². The molecule has 2 aliphatic rings. The molecular formula is C20H28. The molecule has 0 radical (unpaired) electrons. The van der Waals surface area contributed by atoms with Gasteiger partial charge in [-0.25, -0.2) is 0 Å². The van der Waals surface area contributed by atoms with Crippen molar-refractivity contribution in [3.05, 3.63) is 48.0 Å². The first-order valence-corrected chi connectivity index (χ1v) is 8.65. The quantitative estimate of drug-likeness (QED) is 0.581. The van der Waals surface area contributed by atoms with Crippen LogP contribution in [0.25, 0.3) is 0 Å². The number of benzene rings is 1. The molecule has 2 saturated carbocycles. The summed E-state index contributed by atoms with van der Waals surface area (Å²) in [5.74, 6) is 2.57. The molecule has 20 heavy (non-hydrogen) atoms. The van der Waals surface area contributed by atoms with Crippen LogP contribution in [0.3, 0.4) is 0 Å². The van der Waals surface area contributed by atoms with Crippen LogP contribution in [0, 0.1) is 11.8 Å². The molecule has 1 aromatic carbocycles. The predicted octanol–water partition coefficient (Wildman–Crippen LogP) is 6.10. The van der Waals surface area contributed by atoms with Crippen molar-refractivity contribution in [2.75, 3.05) is 0 Å². The number of hydrogen-bond acceptors (Lipinski definition) is 0. The summed E-state index contributed by atoms with van der Waals surface area (Å²) >= 11 is 0. The minimum absolute atomic E-state index is 0.815. The van der Waals surface area contributed by atoms with Gasteiger partial charge in [-0.3, -0.25) is 0 Å². The van der Waals surface area contributed by atoms with E-state index in [9.17, 15) is 0 Å². The maximum Gasteiger partial charge on any atom is -0.0162 e. The molecule has 0 spiro atoms. The van der Waals surface area contributed by atoms with Crippen LogP contribution in [-0.2, 0) is 0 Å². The summed E-state index contributed by atoms with van der Waals surface area (Å²) in [5.41, 5.74) is 1.56. The van der Waals surface area contributed by atoms with Crippen molar-refractivity contribution >= 4 is 0 Å². The maximum atomic E-state index is 2.57. The van der Waals surface area contributed by atoms with E-state index in [0.29, 0.717) is 0 Å². The SMILES string of the molecule is C(=C\C1CCC(c2ccccc2)CC1)/C1CCCCC1. The zero-order valence-electron chi connectivity index (χ0n) is 12.6. The van der Waals surface area contributed by atoms with Crippen molar-refractivity contribution in [3.63, 3.8) is 0 Å². The van der Waals surface area contributed by atoms with Gasteiger partial charge in [0, 0.05) is 0 Å². The third-order valence-corrected chi connectivity index (χ3v) is 5.35. The van der Waals surface area contributed by atoms with E-state index < -0.39 is 0 Å². The summed E-state index contributed by atoms with van der Waals surface area (Å²) in [6.07, 6.45) is 17.9. The molecule has 0 bridgehead atoms. The number of hydrogen-bond donors (Lipinski definition) is 0. The summed E-state index contributed by atoms with van der Waals surface area (Å²) in [5, 5.41) is 0. The average Bonchev–Trinajstić information content (AvgIpc) is 2.55. The Morgan fingerprint density at radius 1 is 0.650 bits per heavy atom. The Morgan fingerprint density at radius 3 is 1.90 bits per heavy atom. The van der Waals surface area contributed by atoms with E-state index in [1.54, 1.807) is 5.56 Å². The fourth-order valence-corrected chi connectivity index (χ4v) is 4.01. The molecule has 0 N–H and O–H groups in total. The van der Waals surface area contributed by atoms with E-state index in [2.05, 4.69) is 42.5 Å². The Kier molecular flexibility index (Phi) is 4.95. The van der Waals surface area contributed by atoms with Crippen LogP contribution in [0.15, 0.2) is 42.5 Å². The Balaban J connectivity index is 1.47. The van der Waals surface area contributed by atoms with Crippen molar-refractivity contribution in [1.29, 1.82) is 0 Å². The van der Waals surface area contributed by atoms with Gasteiger partial charge in [-0.05, 0) is 61.8 Å². The van der Waals surface area contributed by atoms with Crippen LogP contribution < -0.4 is 0 Å². The topological polar surface area (TPSA) is 0 Å². The maximum absolute atomic E-state index is 2.57. The lowest BCUT2D eigenvalue weighted by atomic mass is 9.78. The molecule has 0 saturated heterocycles. The number of allylic oxidation sites excluding steroid dienone is 2. The minimum Gasteiger partial charge on any atom is -0.0851 e. The summed E-state index contributed by atoms with van der Waals surface area (Å²) < 4.78 is 0. The molecule has 0 aliphatic heterocycles. The lowest BCUT2D eigenvalue weighted by Crippen LogP contribution is -2.12. The van der Waals surface area contributed by atoms with Gasteiger partial charge < -0.3 is 0 Å². The van der Waals surface area contributed by atoms with E-state index in [4.69, 9.17) is 0 Å². The lowest BCUT2D eigenvalue weighted by molar-refractivity contribution is 0.370. The van der Waals surface area contributed by atoms with Crippen LogP contribution in [0.5, 0.6) is 0 Å². The molecule has 2 fully saturated rings. The van der Waals surface area contributed by atoms with Crippen molar-refractivity contribution in [1.82, 2.24) is 0 Å². The second kappa shape index (κ2) is 7.11. The fraction of sp³-hybridized carbons (Fsp3) is 0.600. The molecule has 0 heterocycles. The predicted molar refractivity (Wildman–Crippen MR) is 86.9 cm³/mol. The minimum atomic E-state index is 0.815. The standard InChI is InChI=1S/C20H28/c1-3-7-17(8-4-1)11-12-18-13-15-20(16-14-18)19-9-5-2-6-10-19/h2,5-6,9-12,17-18,20H,1,3-4,7-8,13-16H2/b12-11+. The fourth-order valence-electron chi connectivity index (χ4n) is 4.01. The third kappa shape index (κ3) is 3.75. The van der Waals surface area contributed by atoms with Gasteiger partial charge in [0.2, 0.25) is 0 Å². The normalized spacial score (nSPS) is 28.8. The molecular weight excluding hydrogens is 240 g/mol. The second-order valence-corrected chi connectivity index (χ2v) is 6.81. The highest BCUT2D eigenvalue weighted by Gasteiger charge is 2.21. The summed E-state index contributed by atoms with van der Waals surface area (Å²) in [6, 6.07) is 11.1. The first-order chi connectivity index (χ1) is 9.92. The Morgan fingerprint density at radius 2 is 1.25 bits per heavy atom. The Bertz CT molecular complexity index is 403. The summed E-state index contributed by atoms with van der Waals surface area (Å²) in [7, 11) is 0. The van der Waals surface area contributed by atoms with E-state index in [0.717, 1.165) is 17.8 Å². The van der Waals surface area contributed by atoms with Gasteiger partial charge in [0.15, 0.2) is 0 Å². The van der Waals surface area contributed by atoms with Gasteiger partial charge in [0.05, 0.1) is 0 Å². The molecule has 0 atom stereocenters. The van der Waals surface area contributed by atoms with Gasteiger partial charge in [0.1, 0.15) is 0 Å². The Labute approximate surface area is 124 Å². The molecule has 0 heteroatoms. The van der Waals surface area contributed by atoms with Gasteiger partial charge in [-0.2, -0.15) is 0 Å². The highest BCUT2D eigenvalue weighted by atomic mass is 14.3. The molecule has 2 aliphatic carbocycles. The van der Waals surface area contributed by atoms with Gasteiger partial charge in [0.25, 0.3) is 0 Å². The van der Waals surface area contributed by atoms with Crippen LogP contribution in [0.4, 0.5) is 0 Å². The molecule has 0 nitrogen and oxygen atoms in total. The summed E-state index contributed by atoms with van der Waals surface area (Å²) in [6.45, 7) is 0. The van der Waals surface area contributed by atoms with Crippen molar-refractivity contribution in [2.45, 2.75) is 63.7 Å². The van der Waals surface area contributed by atoms with Gasteiger partial charge in [-0.1, -0.05) is 61.7 Å². The molecule has 3 rings (SSSR count). The van der Waals surface area contributed by atoms with Gasteiger partial charge >= 0.3 is 0 Å². The number of rotatable bonds is 3.